The van der Waals surface area contributed by atoms with Crippen LogP contribution in [-0.4, -0.2) is 25.9 Å². The summed E-state index contributed by atoms with van der Waals surface area (Å²) in [5.41, 5.74) is 1.58. The number of aldehydes is 1. The topological polar surface area (TPSA) is 73.3 Å². The van der Waals surface area contributed by atoms with Gasteiger partial charge in [-0.15, -0.1) is 0 Å². The van der Waals surface area contributed by atoms with Crippen molar-refractivity contribution in [2.24, 2.45) is 0 Å². The largest absolute Gasteiger partial charge is 0.486 e. The second-order valence-electron chi connectivity index (χ2n) is 4.66. The summed E-state index contributed by atoms with van der Waals surface area (Å²) in [6.07, 6.45) is 1.57. The van der Waals surface area contributed by atoms with Crippen molar-refractivity contribution in [3.63, 3.8) is 0 Å². The fourth-order valence-corrected chi connectivity index (χ4v) is 2.56. The molecular formula is C15H15NO4S. The zero-order valence-corrected chi connectivity index (χ0v) is 12.6. The van der Waals surface area contributed by atoms with Crippen LogP contribution < -0.4 is 4.74 Å². The van der Waals surface area contributed by atoms with E-state index in [1.54, 1.807) is 6.92 Å². The van der Waals surface area contributed by atoms with E-state index in [0.717, 1.165) is 11.8 Å². The van der Waals surface area contributed by atoms with Gasteiger partial charge in [0.15, 0.2) is 26.9 Å². The molecule has 0 fully saturated rings. The molecule has 2 aromatic rings. The van der Waals surface area contributed by atoms with E-state index < -0.39 is 9.84 Å². The van der Waals surface area contributed by atoms with Gasteiger partial charge in [-0.2, -0.15) is 0 Å². The third-order valence-corrected chi connectivity index (χ3v) is 3.88. The SMILES string of the molecule is Cc1cc(OCc2ccccc2)c(S(C)(=O)=O)nc1C=O. The quantitative estimate of drug-likeness (QED) is 0.792. The van der Waals surface area contributed by atoms with Gasteiger partial charge < -0.3 is 4.74 Å². The van der Waals surface area contributed by atoms with Crippen molar-refractivity contribution in [1.82, 2.24) is 4.98 Å². The number of ether oxygens (including phenoxy) is 1. The molecule has 0 aliphatic heterocycles. The van der Waals surface area contributed by atoms with Gasteiger partial charge in [0.2, 0.25) is 0 Å². The van der Waals surface area contributed by atoms with Gasteiger partial charge in [-0.1, -0.05) is 30.3 Å². The number of aromatic nitrogens is 1. The lowest BCUT2D eigenvalue weighted by Crippen LogP contribution is -2.09. The first-order chi connectivity index (χ1) is 9.91. The van der Waals surface area contributed by atoms with Gasteiger partial charge in [-0.3, -0.25) is 4.79 Å². The molecule has 0 aliphatic carbocycles. The molecular weight excluding hydrogens is 290 g/mol. The van der Waals surface area contributed by atoms with Crippen LogP contribution in [0.1, 0.15) is 21.6 Å². The number of pyridine rings is 1. The third kappa shape index (κ3) is 3.66. The van der Waals surface area contributed by atoms with Gasteiger partial charge >= 0.3 is 0 Å². The zero-order chi connectivity index (χ0) is 15.5. The molecule has 0 radical (unpaired) electrons. The molecule has 110 valence electrons. The van der Waals surface area contributed by atoms with E-state index in [9.17, 15) is 13.2 Å². The minimum absolute atomic E-state index is 0.0995. The number of nitrogens with zero attached hydrogens (tertiary/aromatic N) is 1. The Balaban J connectivity index is 2.38. The van der Waals surface area contributed by atoms with Crippen LogP contribution in [0.4, 0.5) is 0 Å². The van der Waals surface area contributed by atoms with Crippen LogP contribution in [0.2, 0.25) is 0 Å². The smallest absolute Gasteiger partial charge is 0.197 e. The maximum Gasteiger partial charge on any atom is 0.197 e. The molecule has 6 heteroatoms. The van der Waals surface area contributed by atoms with E-state index in [4.69, 9.17) is 4.74 Å². The van der Waals surface area contributed by atoms with E-state index in [1.807, 2.05) is 30.3 Å². The summed E-state index contributed by atoms with van der Waals surface area (Å²) in [6.45, 7) is 1.91. The van der Waals surface area contributed by atoms with Crippen molar-refractivity contribution in [3.8, 4) is 5.75 Å². The van der Waals surface area contributed by atoms with Gasteiger partial charge in [-0.25, -0.2) is 13.4 Å². The number of hydrogen-bond acceptors (Lipinski definition) is 5. The molecule has 1 aromatic carbocycles. The van der Waals surface area contributed by atoms with Crippen LogP contribution in [0.3, 0.4) is 0 Å². The van der Waals surface area contributed by atoms with Crippen molar-refractivity contribution in [3.05, 3.63) is 53.2 Å². The van der Waals surface area contributed by atoms with Crippen LogP contribution in [0.5, 0.6) is 5.75 Å². The summed E-state index contributed by atoms with van der Waals surface area (Å²) in [4.78, 5) is 14.8. The number of carbonyl (C=O) groups excluding carboxylic acids is 1. The first kappa shape index (κ1) is 15.2. The molecule has 5 nitrogen and oxygen atoms in total. The third-order valence-electron chi connectivity index (χ3n) is 2.88. The summed E-state index contributed by atoms with van der Waals surface area (Å²) in [6, 6.07) is 10.9. The van der Waals surface area contributed by atoms with Crippen molar-refractivity contribution >= 4 is 16.1 Å². The van der Waals surface area contributed by atoms with E-state index in [2.05, 4.69) is 4.98 Å². The highest BCUT2D eigenvalue weighted by atomic mass is 32.2. The average molecular weight is 305 g/mol. The van der Waals surface area contributed by atoms with E-state index in [0.29, 0.717) is 11.8 Å². The van der Waals surface area contributed by atoms with Crippen LogP contribution in [0.25, 0.3) is 0 Å². The number of hydrogen-bond donors (Lipinski definition) is 0. The monoisotopic (exact) mass is 305 g/mol. The Morgan fingerprint density at radius 2 is 1.90 bits per heavy atom. The van der Waals surface area contributed by atoms with Crippen molar-refractivity contribution in [2.45, 2.75) is 18.6 Å². The molecule has 0 bridgehead atoms. The summed E-state index contributed by atoms with van der Waals surface area (Å²) < 4.78 is 29.1. The predicted molar refractivity (Wildman–Crippen MR) is 78.2 cm³/mol. The maximum atomic E-state index is 11.8. The minimum Gasteiger partial charge on any atom is -0.486 e. The average Bonchev–Trinajstić information content (AvgIpc) is 2.45. The number of benzene rings is 1. The lowest BCUT2D eigenvalue weighted by atomic mass is 10.2. The second kappa shape index (κ2) is 6.05. The molecule has 0 aliphatic rings. The summed E-state index contributed by atoms with van der Waals surface area (Å²) in [5, 5.41) is -0.217. The van der Waals surface area contributed by atoms with Gasteiger partial charge in [0, 0.05) is 6.26 Å². The van der Waals surface area contributed by atoms with E-state index in [-0.39, 0.29) is 23.1 Å². The Bertz CT molecular complexity index is 755. The first-order valence-corrected chi connectivity index (χ1v) is 8.14. The molecule has 0 saturated carbocycles. The van der Waals surface area contributed by atoms with Crippen molar-refractivity contribution in [2.75, 3.05) is 6.26 Å². The standard InChI is InChI=1S/C15H15NO4S/c1-11-8-14(20-10-12-6-4-3-5-7-12)15(21(2,18)19)16-13(11)9-17/h3-9H,10H2,1-2H3. The molecule has 0 amide bonds. The number of sulfone groups is 1. The summed E-state index contributed by atoms with van der Waals surface area (Å²) >= 11 is 0. The number of carbonyl (C=O) groups is 1. The molecule has 0 atom stereocenters. The molecule has 0 spiro atoms. The van der Waals surface area contributed by atoms with Crippen LogP contribution in [0, 0.1) is 6.92 Å². The maximum absolute atomic E-state index is 11.8. The Morgan fingerprint density at radius 1 is 1.24 bits per heavy atom. The highest BCUT2D eigenvalue weighted by Gasteiger charge is 2.19. The number of rotatable bonds is 5. The molecule has 0 saturated heterocycles. The van der Waals surface area contributed by atoms with Gasteiger partial charge in [0.05, 0.1) is 0 Å². The minimum atomic E-state index is -3.58. The molecule has 1 heterocycles. The molecule has 2 rings (SSSR count). The van der Waals surface area contributed by atoms with E-state index in [1.165, 1.54) is 6.07 Å². The highest BCUT2D eigenvalue weighted by molar-refractivity contribution is 7.90. The fourth-order valence-electron chi connectivity index (χ4n) is 1.81. The number of aryl methyl sites for hydroxylation is 1. The normalized spacial score (nSPS) is 11.1. The summed E-state index contributed by atoms with van der Waals surface area (Å²) in [5.74, 6) is 0.157. The van der Waals surface area contributed by atoms with Crippen LogP contribution in [-0.2, 0) is 16.4 Å². The molecule has 0 unspecified atom stereocenters. The first-order valence-electron chi connectivity index (χ1n) is 6.25. The lowest BCUT2D eigenvalue weighted by Gasteiger charge is -2.11. The highest BCUT2D eigenvalue weighted by Crippen LogP contribution is 2.25. The van der Waals surface area contributed by atoms with Crippen molar-refractivity contribution in [1.29, 1.82) is 0 Å². The second-order valence-corrected chi connectivity index (χ2v) is 6.59. The Kier molecular flexibility index (Phi) is 4.37. The lowest BCUT2D eigenvalue weighted by molar-refractivity contribution is 0.111. The Labute approximate surface area is 123 Å². The van der Waals surface area contributed by atoms with Gasteiger partial charge in [-0.05, 0) is 24.1 Å². The summed E-state index contributed by atoms with van der Waals surface area (Å²) in [7, 11) is -3.58. The Hall–Kier alpha value is -2.21. The van der Waals surface area contributed by atoms with Crippen LogP contribution >= 0.6 is 0 Å². The Morgan fingerprint density at radius 3 is 2.48 bits per heavy atom. The van der Waals surface area contributed by atoms with Gasteiger partial charge in [0.1, 0.15) is 12.3 Å². The molecule has 21 heavy (non-hydrogen) atoms. The fraction of sp³-hybridized carbons (Fsp3) is 0.200. The predicted octanol–water partition coefficient (Wildman–Crippen LogP) is 2.19. The molecule has 0 N–H and O–H groups in total. The van der Waals surface area contributed by atoms with Gasteiger partial charge in [0.25, 0.3) is 0 Å². The van der Waals surface area contributed by atoms with Crippen molar-refractivity contribution < 1.29 is 17.9 Å². The van der Waals surface area contributed by atoms with Crippen LogP contribution in [0.15, 0.2) is 41.4 Å². The zero-order valence-electron chi connectivity index (χ0n) is 11.7. The molecule has 1 aromatic heterocycles. The van der Waals surface area contributed by atoms with E-state index >= 15 is 0 Å².